The lowest BCUT2D eigenvalue weighted by atomic mass is 10.0. The number of benzene rings is 1. The molecule has 1 aromatic carbocycles. The molecule has 0 spiro atoms. The monoisotopic (exact) mass is 352 g/mol. The molecule has 0 fully saturated rings. The maximum absolute atomic E-state index is 4.25. The van der Waals surface area contributed by atoms with E-state index in [4.69, 9.17) is 0 Å². The van der Waals surface area contributed by atoms with Gasteiger partial charge in [0, 0.05) is 23.8 Å². The molecule has 4 nitrogen and oxygen atoms in total. The number of anilines is 2. The fraction of sp³-hybridized carbons (Fsp3) is 0.200. The van der Waals surface area contributed by atoms with Crippen molar-refractivity contribution in [3.63, 3.8) is 0 Å². The molecule has 25 heavy (non-hydrogen) atoms. The maximum Gasteiger partial charge on any atom is 0.126 e. The van der Waals surface area contributed by atoms with Crippen LogP contribution in [0.15, 0.2) is 64.9 Å². The molecule has 0 radical (unpaired) electrons. The quantitative estimate of drug-likeness (QED) is 0.386. The van der Waals surface area contributed by atoms with Crippen molar-refractivity contribution < 1.29 is 0 Å². The number of hydrogen-bond donors (Lipinski definition) is 2. The van der Waals surface area contributed by atoms with E-state index in [2.05, 4.69) is 66.8 Å². The van der Waals surface area contributed by atoms with E-state index in [9.17, 15) is 0 Å². The third-order valence-corrected chi connectivity index (χ3v) is 4.56. The van der Waals surface area contributed by atoms with Crippen molar-refractivity contribution in [2.24, 2.45) is 4.99 Å². The van der Waals surface area contributed by atoms with Crippen molar-refractivity contribution in [2.45, 2.75) is 20.8 Å². The van der Waals surface area contributed by atoms with Crippen LogP contribution in [-0.2, 0) is 0 Å². The number of pyridine rings is 1. The van der Waals surface area contributed by atoms with Crippen molar-refractivity contribution in [3.8, 4) is 0 Å². The van der Waals surface area contributed by atoms with Crippen molar-refractivity contribution in [1.82, 2.24) is 4.98 Å². The van der Waals surface area contributed by atoms with Crippen molar-refractivity contribution in [2.75, 3.05) is 16.5 Å². The normalized spacial score (nSPS) is 11.1. The summed E-state index contributed by atoms with van der Waals surface area (Å²) in [6.45, 7) is 14.0. The van der Waals surface area contributed by atoms with Crippen LogP contribution in [0.4, 0.5) is 11.5 Å². The fourth-order valence-electron chi connectivity index (χ4n) is 2.53. The lowest BCUT2D eigenvalue weighted by Gasteiger charge is -2.17. The van der Waals surface area contributed by atoms with Crippen LogP contribution in [0, 0.1) is 20.8 Å². The number of nitrogens with zero attached hydrogens (tertiary/aromatic N) is 2. The summed E-state index contributed by atoms with van der Waals surface area (Å²) >= 11 is 1.60. The highest BCUT2D eigenvalue weighted by atomic mass is 32.2. The lowest BCUT2D eigenvalue weighted by molar-refractivity contribution is 1.27. The summed E-state index contributed by atoms with van der Waals surface area (Å²) in [5.74, 6) is 1.50. The molecule has 0 unspecified atom stereocenters. The molecule has 1 aromatic heterocycles. The van der Waals surface area contributed by atoms with Gasteiger partial charge in [0.05, 0.1) is 10.8 Å². The van der Waals surface area contributed by atoms with Gasteiger partial charge in [0.15, 0.2) is 0 Å². The number of aliphatic imine (C=N–C) groups is 1. The zero-order valence-corrected chi connectivity index (χ0v) is 15.8. The third-order valence-electron chi connectivity index (χ3n) is 3.60. The van der Waals surface area contributed by atoms with Crippen molar-refractivity contribution in [3.05, 3.63) is 76.6 Å². The minimum Gasteiger partial charge on any atom is -0.361 e. The summed E-state index contributed by atoms with van der Waals surface area (Å²) in [5, 5.41) is 6.69. The molecular weight excluding hydrogens is 328 g/mol. The molecule has 0 aliphatic heterocycles. The Kier molecular flexibility index (Phi) is 6.83. The summed E-state index contributed by atoms with van der Waals surface area (Å²) in [4.78, 5) is 9.08. The number of rotatable bonds is 8. The molecule has 0 aliphatic rings. The minimum absolute atomic E-state index is 0.658. The van der Waals surface area contributed by atoms with Gasteiger partial charge in [-0.15, -0.1) is 11.8 Å². The fourth-order valence-corrected chi connectivity index (χ4v) is 3.28. The molecule has 0 atom stereocenters. The minimum atomic E-state index is 0.658. The summed E-state index contributed by atoms with van der Waals surface area (Å²) < 4.78 is 0. The van der Waals surface area contributed by atoms with Gasteiger partial charge in [0.1, 0.15) is 5.82 Å². The van der Waals surface area contributed by atoms with Crippen LogP contribution in [0.5, 0.6) is 0 Å². The summed E-state index contributed by atoms with van der Waals surface area (Å²) in [6.07, 6.45) is 3.48. The van der Waals surface area contributed by atoms with Crippen LogP contribution in [0.3, 0.4) is 0 Å². The molecule has 1 heterocycles. The first-order valence-corrected chi connectivity index (χ1v) is 8.97. The van der Waals surface area contributed by atoms with E-state index in [0.29, 0.717) is 5.88 Å². The van der Waals surface area contributed by atoms with E-state index in [-0.39, 0.29) is 0 Å². The van der Waals surface area contributed by atoms with Gasteiger partial charge < -0.3 is 10.6 Å². The molecule has 5 heteroatoms. The predicted octanol–water partition coefficient (Wildman–Crippen LogP) is 5.28. The third kappa shape index (κ3) is 5.50. The van der Waals surface area contributed by atoms with Crippen LogP contribution in [0.25, 0.3) is 0 Å². The molecule has 0 saturated carbocycles. The molecule has 2 rings (SSSR count). The van der Waals surface area contributed by atoms with Crippen molar-refractivity contribution >= 4 is 30.0 Å². The average molecular weight is 353 g/mol. The molecule has 130 valence electrons. The molecule has 0 saturated heterocycles. The molecule has 2 aromatic rings. The molecular formula is C20H24N4S. The SMILES string of the molecule is C=N/C=C(\SCNc1ccccn1)C(=C)Nc1c(C)cc(C)cc1C. The van der Waals surface area contributed by atoms with Crippen LogP contribution in [-0.4, -0.2) is 17.6 Å². The second-order valence-corrected chi connectivity index (χ2v) is 6.75. The summed E-state index contributed by atoms with van der Waals surface area (Å²) in [7, 11) is 0. The van der Waals surface area contributed by atoms with Gasteiger partial charge in [-0.05, 0) is 50.7 Å². The Morgan fingerprint density at radius 2 is 1.96 bits per heavy atom. The number of nitrogens with one attached hydrogen (secondary N) is 2. The first-order valence-electron chi connectivity index (χ1n) is 7.99. The van der Waals surface area contributed by atoms with E-state index in [1.165, 1.54) is 16.7 Å². The Morgan fingerprint density at radius 1 is 1.24 bits per heavy atom. The molecule has 0 amide bonds. The first kappa shape index (κ1) is 18.8. The topological polar surface area (TPSA) is 49.3 Å². The Bertz CT molecular complexity index is 759. The molecule has 0 bridgehead atoms. The van der Waals surface area contributed by atoms with E-state index >= 15 is 0 Å². The Morgan fingerprint density at radius 3 is 2.56 bits per heavy atom. The Hall–Kier alpha value is -2.53. The van der Waals surface area contributed by atoms with E-state index in [0.717, 1.165) is 22.1 Å². The Balaban J connectivity index is 2.03. The maximum atomic E-state index is 4.25. The smallest absolute Gasteiger partial charge is 0.126 e. The van der Waals surface area contributed by atoms with Gasteiger partial charge >= 0.3 is 0 Å². The zero-order valence-electron chi connectivity index (χ0n) is 15.0. The van der Waals surface area contributed by atoms with Gasteiger partial charge in [-0.25, -0.2) is 4.98 Å². The second kappa shape index (κ2) is 9.08. The molecule has 2 N–H and O–H groups in total. The molecule has 0 aliphatic carbocycles. The van der Waals surface area contributed by atoms with Gasteiger partial charge in [0.2, 0.25) is 0 Å². The zero-order chi connectivity index (χ0) is 18.2. The summed E-state index contributed by atoms with van der Waals surface area (Å²) in [5.41, 5.74) is 5.53. The standard InChI is InChI=1S/C20H24N4S/c1-14-10-15(2)20(16(3)11-14)24-17(4)18(12-21-5)25-13-23-19-8-6-7-9-22-19/h6-12,24H,4-5,13H2,1-3H3,(H,22,23)/b18-12-. The van der Waals surface area contributed by atoms with Gasteiger partial charge in [-0.2, -0.15) is 0 Å². The highest BCUT2D eigenvalue weighted by molar-refractivity contribution is 8.03. The van der Waals surface area contributed by atoms with Crippen molar-refractivity contribution in [1.29, 1.82) is 0 Å². The van der Waals surface area contributed by atoms with E-state index in [1.807, 2.05) is 18.2 Å². The highest BCUT2D eigenvalue weighted by Crippen LogP contribution is 2.28. The van der Waals surface area contributed by atoms with Crippen LogP contribution in [0.1, 0.15) is 16.7 Å². The number of aromatic nitrogens is 1. The van der Waals surface area contributed by atoms with E-state index < -0.39 is 0 Å². The highest BCUT2D eigenvalue weighted by Gasteiger charge is 2.09. The number of thioether (sulfide) groups is 1. The largest absolute Gasteiger partial charge is 0.361 e. The van der Waals surface area contributed by atoms with Crippen LogP contribution >= 0.6 is 11.8 Å². The Labute approximate surface area is 154 Å². The van der Waals surface area contributed by atoms with E-state index in [1.54, 1.807) is 24.2 Å². The number of aryl methyl sites for hydroxylation is 3. The predicted molar refractivity (Wildman–Crippen MR) is 111 cm³/mol. The first-order chi connectivity index (χ1) is 12.0. The summed E-state index contributed by atoms with van der Waals surface area (Å²) in [6, 6.07) is 10.1. The van der Waals surface area contributed by atoms with Crippen LogP contribution in [0.2, 0.25) is 0 Å². The van der Waals surface area contributed by atoms with Gasteiger partial charge in [-0.1, -0.05) is 30.3 Å². The van der Waals surface area contributed by atoms with Gasteiger partial charge in [-0.3, -0.25) is 4.99 Å². The van der Waals surface area contributed by atoms with Crippen LogP contribution < -0.4 is 10.6 Å². The van der Waals surface area contributed by atoms with Gasteiger partial charge in [0.25, 0.3) is 0 Å². The second-order valence-electron chi connectivity index (χ2n) is 5.73. The average Bonchev–Trinajstić information content (AvgIpc) is 2.58. The number of hydrogen-bond acceptors (Lipinski definition) is 5. The lowest BCUT2D eigenvalue weighted by Crippen LogP contribution is -2.06.